The van der Waals surface area contributed by atoms with Crippen molar-refractivity contribution < 1.29 is 23.0 Å². The zero-order valence-electron chi connectivity index (χ0n) is 10.4. The Kier molecular flexibility index (Phi) is 5.31. The molecule has 0 bridgehead atoms. The summed E-state index contributed by atoms with van der Waals surface area (Å²) in [6, 6.07) is 0. The van der Waals surface area contributed by atoms with Gasteiger partial charge in [-0.25, -0.2) is 0 Å². The Morgan fingerprint density at radius 1 is 1.35 bits per heavy atom. The molecule has 0 radical (unpaired) electrons. The number of hydrogen-bond acceptors (Lipinski definition) is 3. The van der Waals surface area contributed by atoms with Crippen molar-refractivity contribution in [2.75, 3.05) is 6.61 Å². The van der Waals surface area contributed by atoms with E-state index < -0.39 is 12.2 Å². The van der Waals surface area contributed by atoms with Crippen LogP contribution in [0.25, 0.3) is 0 Å². The second kappa shape index (κ2) is 6.28. The number of esters is 1. The van der Waals surface area contributed by atoms with Crippen molar-refractivity contribution >= 4 is 5.97 Å². The van der Waals surface area contributed by atoms with E-state index in [0.29, 0.717) is 6.92 Å². The van der Waals surface area contributed by atoms with Crippen LogP contribution < -0.4 is 0 Å². The average molecular weight is 250 g/mol. The number of alkyl halides is 2. The van der Waals surface area contributed by atoms with Crippen molar-refractivity contribution in [2.45, 2.75) is 58.2 Å². The Morgan fingerprint density at radius 3 is 2.47 bits per heavy atom. The van der Waals surface area contributed by atoms with Crippen LogP contribution in [0.3, 0.4) is 0 Å². The average Bonchev–Trinajstić information content (AvgIpc) is 2.27. The Bertz CT molecular complexity index is 245. The van der Waals surface area contributed by atoms with E-state index in [1.165, 1.54) is 0 Å². The lowest BCUT2D eigenvalue weighted by Gasteiger charge is -2.23. The van der Waals surface area contributed by atoms with E-state index in [-0.39, 0.29) is 18.5 Å². The van der Waals surface area contributed by atoms with Gasteiger partial charge in [0.2, 0.25) is 0 Å². The summed E-state index contributed by atoms with van der Waals surface area (Å²) >= 11 is 0. The molecule has 3 nitrogen and oxygen atoms in total. The van der Waals surface area contributed by atoms with E-state index >= 15 is 0 Å². The molecule has 1 fully saturated rings. The van der Waals surface area contributed by atoms with Crippen molar-refractivity contribution in [2.24, 2.45) is 5.92 Å². The minimum Gasteiger partial charge on any atom is -0.460 e. The number of halogens is 2. The summed E-state index contributed by atoms with van der Waals surface area (Å²) in [5.41, 5.74) is 0. The zero-order chi connectivity index (χ0) is 12.9. The first kappa shape index (κ1) is 14.4. The van der Waals surface area contributed by atoms with Crippen LogP contribution in [0.4, 0.5) is 8.78 Å². The summed E-state index contributed by atoms with van der Waals surface area (Å²) in [4.78, 5) is 11.7. The first-order valence-corrected chi connectivity index (χ1v) is 6.11. The molecule has 100 valence electrons. The van der Waals surface area contributed by atoms with E-state index in [1.807, 2.05) is 0 Å². The van der Waals surface area contributed by atoms with Gasteiger partial charge in [-0.05, 0) is 19.8 Å². The van der Waals surface area contributed by atoms with Gasteiger partial charge in [-0.1, -0.05) is 19.3 Å². The first-order valence-electron chi connectivity index (χ1n) is 6.11. The predicted molar refractivity (Wildman–Crippen MR) is 58.7 cm³/mol. The number of ether oxygens (including phenoxy) is 2. The predicted octanol–water partition coefficient (Wildman–Crippen LogP) is 3.13. The van der Waals surface area contributed by atoms with Crippen LogP contribution in [0, 0.1) is 5.92 Å². The maximum atomic E-state index is 12.4. The van der Waals surface area contributed by atoms with E-state index in [9.17, 15) is 13.6 Å². The highest BCUT2D eigenvalue weighted by molar-refractivity contribution is 5.72. The zero-order valence-corrected chi connectivity index (χ0v) is 10.4. The van der Waals surface area contributed by atoms with Gasteiger partial charge in [-0.15, -0.1) is 0 Å². The summed E-state index contributed by atoms with van der Waals surface area (Å²) in [5, 5.41) is 0. The first-order chi connectivity index (χ1) is 7.88. The fraction of sp³-hybridized carbons (Fsp3) is 0.917. The van der Waals surface area contributed by atoms with Gasteiger partial charge in [0.25, 0.3) is 0 Å². The molecule has 5 heteroatoms. The highest BCUT2D eigenvalue weighted by Gasteiger charge is 2.26. The van der Waals surface area contributed by atoms with Crippen LogP contribution in [-0.4, -0.2) is 24.8 Å². The maximum absolute atomic E-state index is 12.4. The van der Waals surface area contributed by atoms with Gasteiger partial charge >= 0.3 is 12.1 Å². The van der Waals surface area contributed by atoms with E-state index in [1.54, 1.807) is 6.92 Å². The minimum absolute atomic E-state index is 0.0617. The number of carbonyl (C=O) groups is 1. The monoisotopic (exact) mass is 250 g/mol. The molecular formula is C12H20F2O3. The molecule has 0 N–H and O–H groups in total. The van der Waals surface area contributed by atoms with Gasteiger partial charge in [0.15, 0.2) is 0 Å². The topological polar surface area (TPSA) is 35.5 Å². The van der Waals surface area contributed by atoms with Gasteiger partial charge in [-0.2, -0.15) is 8.78 Å². The van der Waals surface area contributed by atoms with E-state index in [2.05, 4.69) is 4.74 Å². The molecule has 1 aliphatic carbocycles. The molecule has 1 atom stereocenters. The van der Waals surface area contributed by atoms with Gasteiger partial charge in [0.1, 0.15) is 6.10 Å². The molecule has 1 unspecified atom stereocenters. The van der Waals surface area contributed by atoms with Gasteiger partial charge < -0.3 is 9.47 Å². The van der Waals surface area contributed by atoms with Crippen LogP contribution in [-0.2, 0) is 14.3 Å². The molecule has 0 heterocycles. The lowest BCUT2D eigenvalue weighted by molar-refractivity contribution is -0.236. The summed E-state index contributed by atoms with van der Waals surface area (Å²) < 4.78 is 34.2. The lowest BCUT2D eigenvalue weighted by Crippen LogP contribution is -2.29. The van der Waals surface area contributed by atoms with Gasteiger partial charge in [0, 0.05) is 6.92 Å². The number of rotatable bonds is 5. The van der Waals surface area contributed by atoms with Crippen molar-refractivity contribution in [3.05, 3.63) is 0 Å². The molecule has 0 spiro atoms. The van der Waals surface area contributed by atoms with Crippen molar-refractivity contribution in [1.82, 2.24) is 0 Å². The van der Waals surface area contributed by atoms with Crippen LogP contribution in [0.15, 0.2) is 0 Å². The third-order valence-electron chi connectivity index (χ3n) is 2.83. The normalized spacial score (nSPS) is 20.0. The lowest BCUT2D eigenvalue weighted by atomic mass is 9.89. The Labute approximate surface area is 100 Å². The quantitative estimate of drug-likeness (QED) is 0.703. The molecule has 0 aromatic heterocycles. The third kappa shape index (κ3) is 5.96. The van der Waals surface area contributed by atoms with Crippen molar-refractivity contribution in [1.29, 1.82) is 0 Å². The summed E-state index contributed by atoms with van der Waals surface area (Å²) in [7, 11) is 0. The van der Waals surface area contributed by atoms with E-state index in [0.717, 1.165) is 32.1 Å². The second-order valence-electron chi connectivity index (χ2n) is 4.70. The van der Waals surface area contributed by atoms with Crippen LogP contribution in [0.1, 0.15) is 46.0 Å². The molecule has 0 aliphatic heterocycles. The molecule has 0 saturated heterocycles. The fourth-order valence-electron chi connectivity index (χ4n) is 1.93. The maximum Gasteiger partial charge on any atom is 0.353 e. The highest BCUT2D eigenvalue weighted by Crippen LogP contribution is 2.25. The summed E-state index contributed by atoms with van der Waals surface area (Å²) in [5.74, 6) is -0.339. The minimum atomic E-state index is -3.18. The Hall–Kier alpha value is -0.710. The molecule has 0 aromatic carbocycles. The highest BCUT2D eigenvalue weighted by atomic mass is 19.3. The van der Waals surface area contributed by atoms with Gasteiger partial charge in [0.05, 0.1) is 12.5 Å². The molecule has 1 aliphatic rings. The van der Waals surface area contributed by atoms with Crippen LogP contribution >= 0.6 is 0 Å². The largest absolute Gasteiger partial charge is 0.460 e. The van der Waals surface area contributed by atoms with E-state index in [4.69, 9.17) is 4.74 Å². The molecule has 1 saturated carbocycles. The number of hydrogen-bond donors (Lipinski definition) is 0. The number of carbonyl (C=O) groups excluding carboxylic acids is 1. The molecular weight excluding hydrogens is 230 g/mol. The SMILES string of the molecule is CC(COC(C)(F)F)OC(=O)C1CCCCC1. The smallest absolute Gasteiger partial charge is 0.353 e. The van der Waals surface area contributed by atoms with Crippen molar-refractivity contribution in [3.8, 4) is 0 Å². The molecule has 0 aromatic rings. The Morgan fingerprint density at radius 2 is 1.94 bits per heavy atom. The summed E-state index contributed by atoms with van der Waals surface area (Å²) in [6.45, 7) is 1.96. The fourth-order valence-corrected chi connectivity index (χ4v) is 1.93. The second-order valence-corrected chi connectivity index (χ2v) is 4.70. The standard InChI is InChI=1S/C12H20F2O3/c1-9(8-16-12(2,13)14)17-11(15)10-6-4-3-5-7-10/h9-10H,3-8H2,1-2H3. The van der Waals surface area contributed by atoms with Crippen LogP contribution in [0.2, 0.25) is 0 Å². The molecule has 17 heavy (non-hydrogen) atoms. The van der Waals surface area contributed by atoms with Gasteiger partial charge in [-0.3, -0.25) is 4.79 Å². The van der Waals surface area contributed by atoms with Crippen LogP contribution in [0.5, 0.6) is 0 Å². The molecule has 1 rings (SSSR count). The Balaban J connectivity index is 2.25. The van der Waals surface area contributed by atoms with Crippen molar-refractivity contribution in [3.63, 3.8) is 0 Å². The summed E-state index contributed by atoms with van der Waals surface area (Å²) in [6.07, 6.45) is 1.12. The third-order valence-corrected chi connectivity index (χ3v) is 2.83. The molecule has 0 amide bonds.